The Labute approximate surface area is 103 Å². The summed E-state index contributed by atoms with van der Waals surface area (Å²) in [6.07, 6.45) is 0. The van der Waals surface area contributed by atoms with Crippen LogP contribution < -0.4 is 5.56 Å². The molecule has 0 aliphatic carbocycles. The van der Waals surface area contributed by atoms with Crippen LogP contribution in [-0.4, -0.2) is 21.0 Å². The lowest BCUT2D eigenvalue weighted by Gasteiger charge is -1.91. The molecule has 0 saturated carbocycles. The van der Waals surface area contributed by atoms with E-state index in [0.717, 1.165) is 0 Å². The maximum Gasteiger partial charge on any atom is 0.341 e. The van der Waals surface area contributed by atoms with E-state index in [9.17, 15) is 9.59 Å². The Kier molecular flexibility index (Phi) is 6.81. The van der Waals surface area contributed by atoms with Crippen LogP contribution in [0.4, 0.5) is 0 Å². The second-order valence-corrected chi connectivity index (χ2v) is 3.24. The average Bonchev–Trinajstić information content (AvgIpc) is 2.80. The van der Waals surface area contributed by atoms with Gasteiger partial charge in [0.05, 0.1) is 11.0 Å². The van der Waals surface area contributed by atoms with Crippen molar-refractivity contribution in [3.63, 3.8) is 0 Å². The molecule has 17 heavy (non-hydrogen) atoms. The van der Waals surface area contributed by atoms with Gasteiger partial charge >= 0.3 is 5.97 Å². The van der Waals surface area contributed by atoms with E-state index in [4.69, 9.17) is 5.11 Å². The van der Waals surface area contributed by atoms with Crippen molar-refractivity contribution >= 4 is 27.7 Å². The highest BCUT2D eigenvalue weighted by atomic mass is 32.1. The summed E-state index contributed by atoms with van der Waals surface area (Å²) in [6, 6.07) is 1.27. The number of pyridine rings is 1. The molecular formula is C11H16N2O3S. The monoisotopic (exact) mass is 256 g/mol. The molecule has 0 atom stereocenters. The predicted molar refractivity (Wildman–Crippen MR) is 69.9 cm³/mol. The maximum atomic E-state index is 11.1. The number of H-pyrrole nitrogens is 1. The second kappa shape index (κ2) is 7.56. The minimum Gasteiger partial charge on any atom is -0.477 e. The van der Waals surface area contributed by atoms with Crippen LogP contribution >= 0.6 is 11.3 Å². The molecule has 2 N–H and O–H groups in total. The summed E-state index contributed by atoms with van der Waals surface area (Å²) in [7, 11) is 0. The van der Waals surface area contributed by atoms with Crippen LogP contribution in [-0.2, 0) is 0 Å². The third kappa shape index (κ3) is 3.67. The molecule has 6 heteroatoms. The predicted octanol–water partition coefficient (Wildman–Crippen LogP) is 2.74. The van der Waals surface area contributed by atoms with Crippen LogP contribution in [0.1, 0.15) is 38.1 Å². The topological polar surface area (TPSA) is 83.0 Å². The van der Waals surface area contributed by atoms with E-state index in [1.807, 2.05) is 27.7 Å². The van der Waals surface area contributed by atoms with E-state index in [-0.39, 0.29) is 5.56 Å². The lowest BCUT2D eigenvalue weighted by Crippen LogP contribution is -2.16. The van der Waals surface area contributed by atoms with E-state index >= 15 is 0 Å². The van der Waals surface area contributed by atoms with Crippen molar-refractivity contribution in [1.29, 1.82) is 0 Å². The molecule has 0 spiro atoms. The molecule has 0 fully saturated rings. The molecule has 2 aromatic heterocycles. The number of aromatic carboxylic acids is 1. The number of aromatic nitrogens is 2. The Hall–Kier alpha value is -1.69. The number of hydrogen-bond donors (Lipinski definition) is 2. The highest BCUT2D eigenvalue weighted by Gasteiger charge is 2.10. The Morgan fingerprint density at radius 1 is 1.35 bits per heavy atom. The van der Waals surface area contributed by atoms with Gasteiger partial charge in [-0.15, -0.1) is 11.3 Å². The van der Waals surface area contributed by atoms with Crippen LogP contribution in [0.5, 0.6) is 0 Å². The molecule has 0 aliphatic heterocycles. The fourth-order valence-corrected chi connectivity index (χ4v) is 1.64. The first-order chi connectivity index (χ1) is 8.18. The minimum absolute atomic E-state index is 0.279. The van der Waals surface area contributed by atoms with E-state index < -0.39 is 11.5 Å². The van der Waals surface area contributed by atoms with Gasteiger partial charge in [0.1, 0.15) is 10.4 Å². The minimum atomic E-state index is -1.24. The van der Waals surface area contributed by atoms with E-state index in [1.54, 1.807) is 5.51 Å². The molecule has 5 nitrogen and oxygen atoms in total. The lowest BCUT2D eigenvalue weighted by atomic mass is 10.3. The molecule has 0 saturated heterocycles. The molecule has 0 amide bonds. The molecule has 0 radical (unpaired) electrons. The normalized spacial score (nSPS) is 8.71. The third-order valence-electron chi connectivity index (χ3n) is 1.58. The fourth-order valence-electron chi connectivity index (χ4n) is 0.983. The number of thiazole rings is 1. The molecule has 0 aromatic carbocycles. The molecule has 2 aromatic rings. The summed E-state index contributed by atoms with van der Waals surface area (Å²) in [4.78, 5) is 28.6. The molecule has 0 aliphatic rings. The van der Waals surface area contributed by atoms with Crippen molar-refractivity contribution in [3.05, 3.63) is 27.5 Å². The number of carboxylic acid groups (broad SMARTS) is 1. The first-order valence-corrected chi connectivity index (χ1v) is 6.26. The van der Waals surface area contributed by atoms with Crippen LogP contribution in [0.2, 0.25) is 0 Å². The van der Waals surface area contributed by atoms with Gasteiger partial charge in [0, 0.05) is 0 Å². The summed E-state index contributed by atoms with van der Waals surface area (Å²) in [5.74, 6) is -1.24. The van der Waals surface area contributed by atoms with Crippen molar-refractivity contribution < 1.29 is 9.90 Å². The zero-order valence-corrected chi connectivity index (χ0v) is 11.1. The van der Waals surface area contributed by atoms with Crippen LogP contribution in [0.15, 0.2) is 16.4 Å². The number of carboxylic acids is 1. The van der Waals surface area contributed by atoms with Gasteiger partial charge in [-0.25, -0.2) is 9.78 Å². The van der Waals surface area contributed by atoms with Crippen molar-refractivity contribution in [2.45, 2.75) is 27.7 Å². The molecule has 0 bridgehead atoms. The summed E-state index contributed by atoms with van der Waals surface area (Å²) in [5, 5.41) is 8.62. The van der Waals surface area contributed by atoms with E-state index in [2.05, 4.69) is 9.97 Å². The summed E-state index contributed by atoms with van der Waals surface area (Å²) in [6.45, 7) is 8.00. The van der Waals surface area contributed by atoms with Crippen molar-refractivity contribution in [3.8, 4) is 0 Å². The quantitative estimate of drug-likeness (QED) is 0.821. The zero-order chi connectivity index (χ0) is 13.4. The van der Waals surface area contributed by atoms with Crippen LogP contribution in [0, 0.1) is 0 Å². The van der Waals surface area contributed by atoms with Crippen LogP contribution in [0.25, 0.3) is 10.3 Å². The number of nitrogens with one attached hydrogen (secondary N) is 1. The Morgan fingerprint density at radius 3 is 2.47 bits per heavy atom. The highest BCUT2D eigenvalue weighted by molar-refractivity contribution is 7.16. The third-order valence-corrected chi connectivity index (χ3v) is 2.34. The van der Waals surface area contributed by atoms with Crippen molar-refractivity contribution in [2.75, 3.05) is 0 Å². The van der Waals surface area contributed by atoms with Gasteiger partial charge in [0.25, 0.3) is 5.56 Å². The fraction of sp³-hybridized carbons (Fsp3) is 0.364. The molecule has 2 heterocycles. The SMILES string of the molecule is CC.CC.O=C(O)c1cc2ncsc2[nH]c1=O. The first-order valence-electron chi connectivity index (χ1n) is 5.38. The number of hydrogen-bond acceptors (Lipinski definition) is 4. The molecule has 2 rings (SSSR count). The number of aromatic amines is 1. The van der Waals surface area contributed by atoms with E-state index in [1.165, 1.54) is 17.4 Å². The van der Waals surface area contributed by atoms with Gasteiger partial charge in [0.2, 0.25) is 0 Å². The first kappa shape index (κ1) is 15.3. The van der Waals surface area contributed by atoms with Gasteiger partial charge in [-0.05, 0) is 6.07 Å². The second-order valence-electron chi connectivity index (χ2n) is 2.38. The number of rotatable bonds is 1. The van der Waals surface area contributed by atoms with Gasteiger partial charge in [0.15, 0.2) is 0 Å². The number of nitrogens with zero attached hydrogens (tertiary/aromatic N) is 1. The van der Waals surface area contributed by atoms with Gasteiger partial charge in [-0.1, -0.05) is 27.7 Å². The van der Waals surface area contributed by atoms with Gasteiger partial charge in [-0.2, -0.15) is 0 Å². The summed E-state index contributed by atoms with van der Waals surface area (Å²) < 4.78 is 0. The highest BCUT2D eigenvalue weighted by Crippen LogP contribution is 2.13. The Morgan fingerprint density at radius 2 is 1.94 bits per heavy atom. The summed E-state index contributed by atoms with van der Waals surface area (Å²) >= 11 is 1.26. The molecule has 94 valence electrons. The van der Waals surface area contributed by atoms with Crippen molar-refractivity contribution in [1.82, 2.24) is 9.97 Å². The Bertz CT molecular complexity index is 531. The largest absolute Gasteiger partial charge is 0.477 e. The lowest BCUT2D eigenvalue weighted by molar-refractivity contribution is 0.0695. The van der Waals surface area contributed by atoms with Gasteiger partial charge in [-0.3, -0.25) is 4.79 Å². The molecule has 0 unspecified atom stereocenters. The van der Waals surface area contributed by atoms with Crippen LogP contribution in [0.3, 0.4) is 0 Å². The smallest absolute Gasteiger partial charge is 0.341 e. The summed E-state index contributed by atoms with van der Waals surface area (Å²) in [5.41, 5.74) is 1.18. The van der Waals surface area contributed by atoms with E-state index in [0.29, 0.717) is 10.3 Å². The molecular weight excluding hydrogens is 240 g/mol. The van der Waals surface area contributed by atoms with Gasteiger partial charge < -0.3 is 10.1 Å². The van der Waals surface area contributed by atoms with Crippen molar-refractivity contribution in [2.24, 2.45) is 0 Å². The number of fused-ring (bicyclic) bond motifs is 1. The number of carbonyl (C=O) groups is 1. The maximum absolute atomic E-state index is 11.1. The Balaban J connectivity index is 0.000000581. The average molecular weight is 256 g/mol. The standard InChI is InChI=1S/C7H4N2O3S.2C2H6/c10-5-3(7(11)12)1-4-6(9-5)13-2-8-4;2*1-2/h1-2H,(H,9,10)(H,11,12);2*1-2H3. The zero-order valence-electron chi connectivity index (χ0n) is 10.3.